The van der Waals surface area contributed by atoms with Crippen LogP contribution in [0.25, 0.3) is 53.3 Å². The van der Waals surface area contributed by atoms with E-state index in [0.29, 0.717) is 24.7 Å². The highest BCUT2D eigenvalue weighted by Crippen LogP contribution is 2.39. The van der Waals surface area contributed by atoms with Crippen LogP contribution in [0.3, 0.4) is 0 Å². The highest BCUT2D eigenvalue weighted by Gasteiger charge is 2.39. The summed E-state index contributed by atoms with van der Waals surface area (Å²) >= 11 is 3.09. The second-order valence-electron chi connectivity index (χ2n) is 16.1. The van der Waals surface area contributed by atoms with Gasteiger partial charge in [-0.25, -0.2) is 29.5 Å². The first-order chi connectivity index (χ1) is 29.4. The van der Waals surface area contributed by atoms with Crippen LogP contribution < -0.4 is 10.6 Å². The van der Waals surface area contributed by atoms with E-state index in [9.17, 15) is 24.3 Å². The summed E-state index contributed by atoms with van der Waals surface area (Å²) in [4.78, 5) is 81.6. The van der Waals surface area contributed by atoms with Gasteiger partial charge in [0.25, 0.3) is 0 Å². The van der Waals surface area contributed by atoms with Crippen LogP contribution in [-0.4, -0.2) is 101 Å². The van der Waals surface area contributed by atoms with Gasteiger partial charge >= 0.3 is 12.2 Å². The van der Waals surface area contributed by atoms with Crippen molar-refractivity contribution >= 4 is 56.3 Å². The van der Waals surface area contributed by atoms with Gasteiger partial charge in [0, 0.05) is 24.2 Å². The molecule has 2 saturated heterocycles. The highest BCUT2D eigenvalue weighted by atomic mass is 32.1. The molecule has 318 valence electrons. The Morgan fingerprint density at radius 1 is 0.689 bits per heavy atom. The fraction of sp³-hybridized carbons (Fsp3) is 0.395. The van der Waals surface area contributed by atoms with Crippen molar-refractivity contribution in [2.45, 2.75) is 77.5 Å². The molecule has 2 fully saturated rings. The van der Waals surface area contributed by atoms with Gasteiger partial charge in [0.1, 0.15) is 33.7 Å². The molecule has 0 radical (unpaired) electrons. The number of carbonyl (C=O) groups excluding carboxylic acids is 3. The first kappa shape index (κ1) is 41.6. The molecule has 4 aromatic heterocycles. The molecule has 2 aromatic carbocycles. The summed E-state index contributed by atoms with van der Waals surface area (Å²) in [6.45, 7) is 8.59. The Morgan fingerprint density at radius 3 is 1.49 bits per heavy atom. The molecule has 18 heteroatoms. The van der Waals surface area contributed by atoms with Gasteiger partial charge in [-0.1, -0.05) is 98.9 Å². The fourth-order valence-electron chi connectivity index (χ4n) is 8.11. The first-order valence-corrected chi connectivity index (χ1v) is 22.1. The summed E-state index contributed by atoms with van der Waals surface area (Å²) in [5.41, 5.74) is 5.54. The average molecular weight is 865 g/mol. The Bertz CT molecular complexity index is 2510. The molecule has 0 spiro atoms. The van der Waals surface area contributed by atoms with E-state index in [1.807, 2.05) is 76.2 Å². The van der Waals surface area contributed by atoms with Gasteiger partial charge in [0.05, 0.1) is 43.0 Å². The lowest BCUT2D eigenvalue weighted by molar-refractivity contribution is -0.136. The minimum atomic E-state index is -1.21. The molecule has 0 aliphatic carbocycles. The number of likely N-dealkylation sites (tertiary alicyclic amines) is 2. The molecule has 6 aromatic rings. The number of aromatic amines is 2. The van der Waals surface area contributed by atoms with E-state index < -0.39 is 24.3 Å². The summed E-state index contributed by atoms with van der Waals surface area (Å²) < 4.78 is 4.76. The van der Waals surface area contributed by atoms with Crippen LogP contribution in [0.4, 0.5) is 9.59 Å². The third-order valence-corrected chi connectivity index (χ3v) is 13.5. The number of nitrogens with zero attached hydrogens (tertiary/aromatic N) is 6. The molecule has 5 N–H and O–H groups in total. The van der Waals surface area contributed by atoms with Crippen molar-refractivity contribution in [1.82, 2.24) is 50.3 Å². The van der Waals surface area contributed by atoms with Gasteiger partial charge in [-0.3, -0.25) is 9.59 Å². The van der Waals surface area contributed by atoms with Crippen LogP contribution >= 0.6 is 22.7 Å². The number of thiazole rings is 2. The number of rotatable bonds is 12. The van der Waals surface area contributed by atoms with Gasteiger partial charge < -0.3 is 40.2 Å². The van der Waals surface area contributed by atoms with Crippen molar-refractivity contribution in [1.29, 1.82) is 0 Å². The fourth-order valence-corrected chi connectivity index (χ4v) is 10.2. The molecule has 2 aliphatic heterocycles. The van der Waals surface area contributed by atoms with Gasteiger partial charge in [-0.05, 0) is 48.6 Å². The molecule has 4 atom stereocenters. The number of hydrogen-bond acceptors (Lipinski definition) is 11. The Balaban J connectivity index is 0.911. The van der Waals surface area contributed by atoms with Crippen molar-refractivity contribution in [3.63, 3.8) is 0 Å². The Kier molecular flexibility index (Phi) is 11.9. The van der Waals surface area contributed by atoms with Crippen LogP contribution in [0, 0.1) is 11.8 Å². The number of H-pyrrole nitrogens is 2. The second kappa shape index (κ2) is 17.5. The lowest BCUT2D eigenvalue weighted by Crippen LogP contribution is -2.51. The van der Waals surface area contributed by atoms with Crippen LogP contribution in [0.1, 0.15) is 77.1 Å². The van der Waals surface area contributed by atoms with E-state index >= 15 is 0 Å². The standard InChI is InChI=1S/C43H48N10O6S2/c1-22(2)32(48-42(56)57)40(54)52-18-6-8-30(52)34-44-20-28(46-34)24-10-14-26(15-11-24)36-50-38-39(60-36)51-37(61-38)27-16-12-25(13-17-27)29-21-45-35(47-29)31-9-7-19-53(31)41(55)33(23(3)4)49-43(58)59-5/h10-17,20-23,30-33,48H,6-9,18-19H2,1-5H3,(H,44,46)(H,45,47)(H,49,58)(H,56,57)/t30-,31?,32-,33-/m0/s1. The number of fused-ring (bicyclic) bond motifs is 1. The third kappa shape index (κ3) is 8.59. The quantitative estimate of drug-likeness (QED) is 0.0804. The topological polar surface area (TPSA) is 211 Å². The maximum atomic E-state index is 13.6. The number of nitrogens with one attached hydrogen (secondary N) is 4. The zero-order chi connectivity index (χ0) is 42.9. The predicted octanol–water partition coefficient (Wildman–Crippen LogP) is 7.87. The van der Waals surface area contributed by atoms with Crippen LogP contribution in [0.5, 0.6) is 0 Å². The number of benzene rings is 2. The van der Waals surface area contributed by atoms with Gasteiger partial charge in [-0.15, -0.1) is 0 Å². The summed E-state index contributed by atoms with van der Waals surface area (Å²) in [5.74, 6) is 0.721. The minimum Gasteiger partial charge on any atom is -0.465 e. The lowest BCUT2D eigenvalue weighted by atomic mass is 10.0. The van der Waals surface area contributed by atoms with Crippen molar-refractivity contribution < 1.29 is 29.0 Å². The number of aromatic nitrogens is 6. The first-order valence-electron chi connectivity index (χ1n) is 20.4. The van der Waals surface area contributed by atoms with E-state index in [-0.39, 0.29) is 35.7 Å². The Morgan fingerprint density at radius 2 is 1.10 bits per heavy atom. The monoisotopic (exact) mass is 864 g/mol. The largest absolute Gasteiger partial charge is 0.465 e. The summed E-state index contributed by atoms with van der Waals surface area (Å²) in [6.07, 6.45) is 4.90. The number of imidazole rings is 2. The summed E-state index contributed by atoms with van der Waals surface area (Å²) in [6, 6.07) is 14.3. The van der Waals surface area contributed by atoms with Crippen molar-refractivity contribution in [3.05, 3.63) is 72.6 Å². The van der Waals surface area contributed by atoms with Crippen molar-refractivity contribution in [2.75, 3.05) is 20.2 Å². The molecule has 2 aliphatic rings. The molecule has 4 amide bonds. The van der Waals surface area contributed by atoms with E-state index in [2.05, 4.69) is 30.6 Å². The number of carboxylic acid groups (broad SMARTS) is 1. The molecule has 8 rings (SSSR count). The molecule has 0 saturated carbocycles. The number of methoxy groups -OCH3 is 1. The SMILES string of the molecule is COC(=O)N[C@H](C(=O)N1CCCC1c1ncc(-c2ccc(-c3nc4sc(-c5ccc(-c6cnc([C@@H]7CCCN7C(=O)[C@@H](NC(=O)O)C(C)C)[nH]6)cc5)nc4s3)cc2)[nH]1)C(C)C. The number of hydrogen-bond donors (Lipinski definition) is 5. The van der Waals surface area contributed by atoms with E-state index in [1.165, 1.54) is 7.11 Å². The van der Waals surface area contributed by atoms with E-state index in [4.69, 9.17) is 14.7 Å². The minimum absolute atomic E-state index is 0.110. The number of alkyl carbamates (subject to hydrolysis) is 1. The molecule has 61 heavy (non-hydrogen) atoms. The molecular formula is C43H48N10O6S2. The number of amides is 4. The molecule has 0 bridgehead atoms. The normalized spacial score (nSPS) is 17.6. The van der Waals surface area contributed by atoms with Crippen LogP contribution in [0.15, 0.2) is 60.9 Å². The third-order valence-electron chi connectivity index (χ3n) is 11.4. The molecule has 1 unspecified atom stereocenters. The molecular weight excluding hydrogens is 817 g/mol. The number of carbonyl (C=O) groups is 4. The maximum Gasteiger partial charge on any atom is 0.407 e. The van der Waals surface area contributed by atoms with Gasteiger partial charge in [0.15, 0.2) is 9.66 Å². The van der Waals surface area contributed by atoms with Crippen LogP contribution in [0.2, 0.25) is 0 Å². The lowest BCUT2D eigenvalue weighted by Gasteiger charge is -2.30. The zero-order valence-corrected chi connectivity index (χ0v) is 36.1. The summed E-state index contributed by atoms with van der Waals surface area (Å²) in [7, 11) is 1.29. The van der Waals surface area contributed by atoms with Crippen molar-refractivity contribution in [3.8, 4) is 43.7 Å². The smallest absolute Gasteiger partial charge is 0.407 e. The van der Waals surface area contributed by atoms with Crippen molar-refractivity contribution in [2.24, 2.45) is 11.8 Å². The maximum absolute atomic E-state index is 13.6. The summed E-state index contributed by atoms with van der Waals surface area (Å²) in [5, 5.41) is 16.1. The average Bonchev–Trinajstić information content (AvgIpc) is 4.11. The van der Waals surface area contributed by atoms with E-state index in [1.54, 1.807) is 44.9 Å². The molecule has 16 nitrogen and oxygen atoms in total. The second-order valence-corrected chi connectivity index (χ2v) is 18.0. The van der Waals surface area contributed by atoms with Gasteiger partial charge in [-0.2, -0.15) is 0 Å². The highest BCUT2D eigenvalue weighted by molar-refractivity contribution is 7.29. The number of ether oxygens (including phenoxy) is 1. The predicted molar refractivity (Wildman–Crippen MR) is 233 cm³/mol. The van der Waals surface area contributed by atoms with Crippen LogP contribution in [-0.2, 0) is 14.3 Å². The zero-order valence-electron chi connectivity index (χ0n) is 34.5. The van der Waals surface area contributed by atoms with E-state index in [0.717, 1.165) is 79.0 Å². The Labute approximate surface area is 360 Å². The van der Waals surface area contributed by atoms with Gasteiger partial charge in [0.2, 0.25) is 11.8 Å². The Hall–Kier alpha value is -6.14. The molecule has 6 heterocycles.